The second-order valence-corrected chi connectivity index (χ2v) is 11.0. The van der Waals surface area contributed by atoms with E-state index >= 15 is 0 Å². The van der Waals surface area contributed by atoms with E-state index in [1.807, 2.05) is 30.0 Å². The Hall–Kier alpha value is -3.20. The van der Waals surface area contributed by atoms with Crippen molar-refractivity contribution < 1.29 is 18.7 Å². The molecule has 9 heteroatoms. The molecule has 0 bridgehead atoms. The fourth-order valence-corrected chi connectivity index (χ4v) is 6.71. The first-order chi connectivity index (χ1) is 17.9. The molecular weight excluding hydrogens is 473 g/mol. The van der Waals surface area contributed by atoms with Crippen LogP contribution in [0.25, 0.3) is 11.1 Å². The molecule has 37 heavy (non-hydrogen) atoms. The van der Waals surface area contributed by atoms with Crippen molar-refractivity contribution in [3.8, 4) is 11.1 Å². The van der Waals surface area contributed by atoms with Crippen LogP contribution >= 0.6 is 0 Å². The highest BCUT2D eigenvalue weighted by atomic mass is 19.1. The Bertz CT molecular complexity index is 1220. The zero-order valence-electron chi connectivity index (χ0n) is 21.6. The van der Waals surface area contributed by atoms with Gasteiger partial charge in [0.05, 0.1) is 12.8 Å². The van der Waals surface area contributed by atoms with E-state index in [-0.39, 0.29) is 23.2 Å². The molecule has 0 N–H and O–H groups in total. The number of piperazine rings is 1. The Morgan fingerprint density at radius 2 is 1.95 bits per heavy atom. The molecule has 0 radical (unpaired) electrons. The number of halogens is 1. The molecule has 1 aromatic carbocycles. The van der Waals surface area contributed by atoms with Crippen molar-refractivity contribution >= 4 is 17.8 Å². The van der Waals surface area contributed by atoms with Crippen LogP contribution in [0.5, 0.6) is 0 Å². The molecule has 1 aliphatic carbocycles. The minimum absolute atomic E-state index is 0.0273. The lowest BCUT2D eigenvalue weighted by Gasteiger charge is -2.48. The number of amides is 2. The molecular formula is C28H34FN5O3. The average Bonchev–Trinajstić information content (AvgIpc) is 3.45. The van der Waals surface area contributed by atoms with E-state index < -0.39 is 0 Å². The summed E-state index contributed by atoms with van der Waals surface area (Å²) in [5, 5.41) is 0. The van der Waals surface area contributed by atoms with Gasteiger partial charge in [0.25, 0.3) is 5.91 Å². The van der Waals surface area contributed by atoms with Crippen LogP contribution in [0.1, 0.15) is 42.1 Å². The zero-order valence-corrected chi connectivity index (χ0v) is 21.6. The van der Waals surface area contributed by atoms with Crippen molar-refractivity contribution in [2.75, 3.05) is 57.8 Å². The molecule has 1 aromatic heterocycles. The van der Waals surface area contributed by atoms with Gasteiger partial charge in [0, 0.05) is 75.4 Å². The Morgan fingerprint density at radius 1 is 1.16 bits per heavy atom. The van der Waals surface area contributed by atoms with Crippen LogP contribution < -0.4 is 4.90 Å². The van der Waals surface area contributed by atoms with Crippen LogP contribution in [-0.4, -0.2) is 90.6 Å². The number of anilines is 1. The molecule has 196 valence electrons. The number of benzene rings is 1. The van der Waals surface area contributed by atoms with E-state index in [0.717, 1.165) is 80.2 Å². The van der Waals surface area contributed by atoms with Crippen LogP contribution in [0.3, 0.4) is 0 Å². The lowest BCUT2D eigenvalue weighted by molar-refractivity contribution is -0.00294. The first-order valence-corrected chi connectivity index (χ1v) is 13.3. The van der Waals surface area contributed by atoms with Gasteiger partial charge in [0.15, 0.2) is 0 Å². The number of aromatic nitrogens is 1. The van der Waals surface area contributed by atoms with Gasteiger partial charge in [-0.15, -0.1) is 0 Å². The third-order valence-corrected chi connectivity index (χ3v) is 8.62. The maximum Gasteiger partial charge on any atom is 0.409 e. The lowest BCUT2D eigenvalue weighted by Crippen LogP contribution is -2.58. The third-order valence-electron chi connectivity index (χ3n) is 8.62. The fourth-order valence-electron chi connectivity index (χ4n) is 6.71. The summed E-state index contributed by atoms with van der Waals surface area (Å²) in [5.41, 5.74) is 3.60. The van der Waals surface area contributed by atoms with Crippen molar-refractivity contribution in [1.29, 1.82) is 0 Å². The number of rotatable bonds is 4. The lowest BCUT2D eigenvalue weighted by atomic mass is 9.78. The Morgan fingerprint density at radius 3 is 2.70 bits per heavy atom. The molecule has 2 aromatic rings. The smallest absolute Gasteiger partial charge is 0.409 e. The van der Waals surface area contributed by atoms with Gasteiger partial charge in [-0.25, -0.2) is 14.2 Å². The van der Waals surface area contributed by atoms with E-state index in [9.17, 15) is 14.0 Å². The number of fused-ring (bicyclic) bond motifs is 1. The summed E-state index contributed by atoms with van der Waals surface area (Å²) < 4.78 is 19.5. The van der Waals surface area contributed by atoms with Crippen molar-refractivity contribution in [2.45, 2.75) is 38.8 Å². The zero-order chi connectivity index (χ0) is 25.7. The molecule has 2 amide bonds. The molecule has 3 aliphatic heterocycles. The Balaban J connectivity index is 1.12. The molecule has 1 atom stereocenters. The highest BCUT2D eigenvalue weighted by Crippen LogP contribution is 2.47. The van der Waals surface area contributed by atoms with E-state index in [4.69, 9.17) is 4.74 Å². The van der Waals surface area contributed by atoms with Gasteiger partial charge in [0.2, 0.25) is 0 Å². The van der Waals surface area contributed by atoms with E-state index in [0.29, 0.717) is 19.2 Å². The van der Waals surface area contributed by atoms with Crippen molar-refractivity contribution in [3.63, 3.8) is 0 Å². The van der Waals surface area contributed by atoms with Gasteiger partial charge in [-0.3, -0.25) is 9.69 Å². The van der Waals surface area contributed by atoms with Crippen LogP contribution in [-0.2, 0) is 11.3 Å². The largest absolute Gasteiger partial charge is 0.450 e. The van der Waals surface area contributed by atoms with Crippen molar-refractivity contribution in [3.05, 3.63) is 47.4 Å². The SMILES string of the molecule is CCOC(=O)N1CC2(CC[C@@H](N3CCN(c4ncc(F)cc4-c4ccc5c(c4)CN(C)C5=O)CC3)C2)C1. The number of nitrogens with zero attached hydrogens (tertiary/aromatic N) is 5. The molecule has 8 nitrogen and oxygen atoms in total. The van der Waals surface area contributed by atoms with E-state index in [1.165, 1.54) is 12.6 Å². The molecule has 3 fully saturated rings. The summed E-state index contributed by atoms with van der Waals surface area (Å²) in [6.45, 7) is 7.99. The van der Waals surface area contributed by atoms with Gasteiger partial charge in [0.1, 0.15) is 11.6 Å². The number of pyridine rings is 1. The summed E-state index contributed by atoms with van der Waals surface area (Å²) in [5.74, 6) is 0.463. The van der Waals surface area contributed by atoms with E-state index in [1.54, 1.807) is 18.0 Å². The molecule has 4 heterocycles. The monoisotopic (exact) mass is 507 g/mol. The average molecular weight is 508 g/mol. The second kappa shape index (κ2) is 9.28. The molecule has 4 aliphatic rings. The molecule has 2 saturated heterocycles. The normalized spacial score (nSPS) is 22.9. The predicted octanol–water partition coefficient (Wildman–Crippen LogP) is 3.61. The van der Waals surface area contributed by atoms with Crippen LogP contribution in [0, 0.1) is 11.2 Å². The van der Waals surface area contributed by atoms with Gasteiger partial charge in [-0.05, 0) is 55.5 Å². The molecule has 0 unspecified atom stereocenters. The quantitative estimate of drug-likeness (QED) is 0.630. The van der Waals surface area contributed by atoms with Crippen molar-refractivity contribution in [1.82, 2.24) is 19.7 Å². The summed E-state index contributed by atoms with van der Waals surface area (Å²) in [7, 11) is 1.80. The topological polar surface area (TPSA) is 69.2 Å². The number of hydrogen-bond acceptors (Lipinski definition) is 6. The predicted molar refractivity (Wildman–Crippen MR) is 138 cm³/mol. The number of carbonyl (C=O) groups excluding carboxylic acids is 2. The van der Waals surface area contributed by atoms with Gasteiger partial charge in [-0.1, -0.05) is 6.07 Å². The number of hydrogen-bond donors (Lipinski definition) is 0. The number of ether oxygens (including phenoxy) is 1. The summed E-state index contributed by atoms with van der Waals surface area (Å²) in [6.07, 6.45) is 4.56. The van der Waals surface area contributed by atoms with Crippen molar-refractivity contribution in [2.24, 2.45) is 5.41 Å². The van der Waals surface area contributed by atoms with Crippen LogP contribution in [0.15, 0.2) is 30.5 Å². The number of carbonyl (C=O) groups is 2. The molecule has 6 rings (SSSR count). The fraction of sp³-hybridized carbons (Fsp3) is 0.536. The van der Waals surface area contributed by atoms with Gasteiger partial charge >= 0.3 is 6.09 Å². The second-order valence-electron chi connectivity index (χ2n) is 11.0. The first kappa shape index (κ1) is 24.2. The number of likely N-dealkylation sites (tertiary alicyclic amines) is 1. The summed E-state index contributed by atoms with van der Waals surface area (Å²) >= 11 is 0. The van der Waals surface area contributed by atoms with Gasteiger partial charge in [-0.2, -0.15) is 0 Å². The van der Waals surface area contributed by atoms with Gasteiger partial charge < -0.3 is 19.4 Å². The van der Waals surface area contributed by atoms with Crippen LogP contribution in [0.2, 0.25) is 0 Å². The Labute approximate surface area is 217 Å². The Kier molecular flexibility index (Phi) is 6.06. The minimum Gasteiger partial charge on any atom is -0.450 e. The highest BCUT2D eigenvalue weighted by Gasteiger charge is 2.51. The first-order valence-electron chi connectivity index (χ1n) is 13.3. The molecule has 1 spiro atoms. The minimum atomic E-state index is -0.361. The van der Waals surface area contributed by atoms with E-state index in [2.05, 4.69) is 14.8 Å². The summed E-state index contributed by atoms with van der Waals surface area (Å²) in [4.78, 5) is 37.2. The third kappa shape index (κ3) is 4.33. The summed E-state index contributed by atoms with van der Waals surface area (Å²) in [6, 6.07) is 7.86. The highest BCUT2D eigenvalue weighted by molar-refractivity contribution is 5.99. The maximum absolute atomic E-state index is 14.3. The standard InChI is InChI=1S/C28H34FN5O3/c1-3-37-27(36)34-17-28(18-34)7-6-22(14-28)32-8-10-33(11-9-32)25-24(13-21(29)15-30-25)19-4-5-23-20(12-19)16-31(2)26(23)35/h4-5,12-13,15,22H,3,6-11,14,16-18H2,1-2H3/t22-/m1/s1. The maximum atomic E-state index is 14.3. The molecule has 1 saturated carbocycles. The van der Waals surface area contributed by atoms with Crippen LogP contribution in [0.4, 0.5) is 15.0 Å².